The highest BCUT2D eigenvalue weighted by molar-refractivity contribution is 7.10. The van der Waals surface area contributed by atoms with E-state index >= 15 is 0 Å². The quantitative estimate of drug-likeness (QED) is 0.778. The normalized spacial score (nSPS) is 13.8. The second-order valence-corrected chi connectivity index (χ2v) is 4.54. The molecule has 18 heavy (non-hydrogen) atoms. The zero-order valence-electron chi connectivity index (χ0n) is 10.0. The fraction of sp³-hybridized carbons (Fsp3) is 0.214. The Morgan fingerprint density at radius 2 is 1.78 bits per heavy atom. The SMILES string of the molecule is COc1c2c(c(OP)c3ccccc13)CCC2=O. The van der Waals surface area contributed by atoms with Crippen LogP contribution in [0.2, 0.25) is 0 Å². The third-order valence-electron chi connectivity index (χ3n) is 3.42. The molecule has 3 rings (SSSR count). The van der Waals surface area contributed by atoms with Crippen LogP contribution in [0.3, 0.4) is 0 Å². The van der Waals surface area contributed by atoms with E-state index in [9.17, 15) is 4.79 Å². The van der Waals surface area contributed by atoms with Crippen molar-refractivity contribution in [3.8, 4) is 11.5 Å². The van der Waals surface area contributed by atoms with E-state index in [1.54, 1.807) is 7.11 Å². The van der Waals surface area contributed by atoms with Crippen LogP contribution in [0, 0.1) is 0 Å². The smallest absolute Gasteiger partial charge is 0.167 e. The van der Waals surface area contributed by atoms with E-state index in [1.165, 1.54) is 0 Å². The number of Topliss-reactive ketones (excluding diaryl/α,β-unsaturated/α-hetero) is 1. The van der Waals surface area contributed by atoms with Crippen LogP contribution in [0.5, 0.6) is 11.5 Å². The van der Waals surface area contributed by atoms with E-state index in [1.807, 2.05) is 24.3 Å². The zero-order valence-corrected chi connectivity index (χ0v) is 11.2. The van der Waals surface area contributed by atoms with Crippen LogP contribution >= 0.6 is 9.47 Å². The van der Waals surface area contributed by atoms with Crippen LogP contribution in [0.4, 0.5) is 0 Å². The third kappa shape index (κ3) is 1.44. The van der Waals surface area contributed by atoms with E-state index in [-0.39, 0.29) is 5.78 Å². The van der Waals surface area contributed by atoms with Crippen molar-refractivity contribution in [1.29, 1.82) is 0 Å². The van der Waals surface area contributed by atoms with Gasteiger partial charge < -0.3 is 9.26 Å². The molecule has 1 aliphatic carbocycles. The Bertz CT molecular complexity index is 649. The standard InChI is InChI=1S/C14H13O3P/c1-16-14-9-5-3-2-4-8(9)13(17-18)10-6-7-11(15)12(10)14/h2-5H,6-7,18H2,1H3. The number of carbonyl (C=O) groups is 1. The van der Waals surface area contributed by atoms with Crippen molar-refractivity contribution < 1.29 is 14.1 Å². The molecule has 0 aromatic heterocycles. The van der Waals surface area contributed by atoms with Crippen molar-refractivity contribution in [3.63, 3.8) is 0 Å². The van der Waals surface area contributed by atoms with Crippen LogP contribution in [-0.2, 0) is 6.42 Å². The van der Waals surface area contributed by atoms with E-state index in [0.717, 1.165) is 28.5 Å². The number of fused-ring (bicyclic) bond motifs is 2. The fourth-order valence-corrected chi connectivity index (χ4v) is 2.94. The van der Waals surface area contributed by atoms with Gasteiger partial charge in [0.05, 0.1) is 22.1 Å². The van der Waals surface area contributed by atoms with Gasteiger partial charge in [-0.05, 0) is 6.42 Å². The summed E-state index contributed by atoms with van der Waals surface area (Å²) in [4.78, 5) is 12.0. The van der Waals surface area contributed by atoms with Gasteiger partial charge >= 0.3 is 0 Å². The summed E-state index contributed by atoms with van der Waals surface area (Å²) in [6.07, 6.45) is 1.25. The summed E-state index contributed by atoms with van der Waals surface area (Å²) in [5.41, 5.74) is 1.65. The number of ketones is 1. The molecule has 1 aliphatic rings. The van der Waals surface area contributed by atoms with Crippen LogP contribution < -0.4 is 9.26 Å². The third-order valence-corrected chi connectivity index (χ3v) is 3.66. The van der Waals surface area contributed by atoms with Crippen molar-refractivity contribution in [2.75, 3.05) is 7.11 Å². The molecule has 0 saturated carbocycles. The highest BCUT2D eigenvalue weighted by Gasteiger charge is 2.29. The Hall–Kier alpha value is -1.60. The molecule has 0 N–H and O–H groups in total. The molecule has 3 nitrogen and oxygen atoms in total. The van der Waals surface area contributed by atoms with E-state index in [2.05, 4.69) is 9.47 Å². The molecule has 2 aromatic rings. The van der Waals surface area contributed by atoms with Crippen molar-refractivity contribution in [1.82, 2.24) is 0 Å². The summed E-state index contributed by atoms with van der Waals surface area (Å²) in [5.74, 6) is 1.59. The van der Waals surface area contributed by atoms with Gasteiger partial charge in [-0.25, -0.2) is 0 Å². The average Bonchev–Trinajstić information content (AvgIpc) is 2.78. The minimum Gasteiger partial charge on any atom is -0.495 e. The number of hydrogen-bond donors (Lipinski definition) is 0. The second-order valence-electron chi connectivity index (χ2n) is 4.30. The first-order valence-corrected chi connectivity index (χ1v) is 6.26. The molecular formula is C14H13O3P. The molecule has 2 aromatic carbocycles. The molecule has 0 amide bonds. The van der Waals surface area contributed by atoms with E-state index in [0.29, 0.717) is 17.7 Å². The molecule has 0 fully saturated rings. The largest absolute Gasteiger partial charge is 0.495 e. The fourth-order valence-electron chi connectivity index (χ4n) is 2.67. The molecule has 0 bridgehead atoms. The van der Waals surface area contributed by atoms with Crippen LogP contribution in [0.1, 0.15) is 22.3 Å². The van der Waals surface area contributed by atoms with Gasteiger partial charge in [-0.15, -0.1) is 0 Å². The van der Waals surface area contributed by atoms with Gasteiger partial charge in [-0.3, -0.25) is 4.79 Å². The Morgan fingerprint density at radius 1 is 1.11 bits per heavy atom. The molecule has 92 valence electrons. The number of carbonyl (C=O) groups excluding carboxylic acids is 1. The Morgan fingerprint density at radius 3 is 2.39 bits per heavy atom. The lowest BCUT2D eigenvalue weighted by molar-refractivity contribution is 0.0992. The molecule has 0 saturated heterocycles. The predicted octanol–water partition coefficient (Wildman–Crippen LogP) is 3.15. The monoisotopic (exact) mass is 260 g/mol. The first-order valence-electron chi connectivity index (χ1n) is 5.79. The number of benzene rings is 2. The summed E-state index contributed by atoms with van der Waals surface area (Å²) >= 11 is 0. The Balaban J connectivity index is 2.50. The van der Waals surface area contributed by atoms with Crippen molar-refractivity contribution in [2.24, 2.45) is 0 Å². The number of ether oxygens (including phenoxy) is 1. The lowest BCUT2D eigenvalue weighted by atomic mass is 9.99. The molecule has 0 spiro atoms. The van der Waals surface area contributed by atoms with Crippen LogP contribution in [0.15, 0.2) is 24.3 Å². The van der Waals surface area contributed by atoms with E-state index < -0.39 is 0 Å². The Labute approximate surface area is 107 Å². The molecule has 4 heteroatoms. The number of hydrogen-bond acceptors (Lipinski definition) is 3. The van der Waals surface area contributed by atoms with Crippen LogP contribution in [0.25, 0.3) is 10.8 Å². The van der Waals surface area contributed by atoms with Gasteiger partial charge in [0.25, 0.3) is 0 Å². The minimum atomic E-state index is 0.135. The van der Waals surface area contributed by atoms with Gasteiger partial charge in [0.1, 0.15) is 11.5 Å². The summed E-state index contributed by atoms with van der Waals surface area (Å²) in [6.45, 7) is 0. The summed E-state index contributed by atoms with van der Waals surface area (Å²) in [6, 6.07) is 7.83. The lowest BCUT2D eigenvalue weighted by Gasteiger charge is -2.15. The number of rotatable bonds is 2. The summed E-state index contributed by atoms with van der Waals surface area (Å²) < 4.78 is 10.9. The van der Waals surface area contributed by atoms with Gasteiger partial charge in [-0.1, -0.05) is 24.3 Å². The lowest BCUT2D eigenvalue weighted by Crippen LogP contribution is -1.99. The predicted molar refractivity (Wildman–Crippen MR) is 73.5 cm³/mol. The maximum Gasteiger partial charge on any atom is 0.167 e. The van der Waals surface area contributed by atoms with E-state index in [4.69, 9.17) is 9.26 Å². The van der Waals surface area contributed by atoms with Gasteiger partial charge in [0.2, 0.25) is 0 Å². The van der Waals surface area contributed by atoms with Crippen molar-refractivity contribution in [3.05, 3.63) is 35.4 Å². The minimum absolute atomic E-state index is 0.135. The highest BCUT2D eigenvalue weighted by atomic mass is 31.0. The molecule has 0 radical (unpaired) electrons. The maximum atomic E-state index is 12.0. The zero-order chi connectivity index (χ0) is 12.7. The first-order chi connectivity index (χ1) is 8.77. The van der Waals surface area contributed by atoms with Crippen molar-refractivity contribution in [2.45, 2.75) is 12.8 Å². The van der Waals surface area contributed by atoms with Gasteiger partial charge in [-0.2, -0.15) is 0 Å². The molecule has 0 heterocycles. The Kier molecular flexibility index (Phi) is 2.71. The van der Waals surface area contributed by atoms with Gasteiger partial charge in [0, 0.05) is 22.8 Å². The summed E-state index contributed by atoms with van der Waals surface area (Å²) in [7, 11) is 3.88. The van der Waals surface area contributed by atoms with Crippen LogP contribution in [-0.4, -0.2) is 12.9 Å². The number of methoxy groups -OCH3 is 1. The molecular weight excluding hydrogens is 247 g/mol. The van der Waals surface area contributed by atoms with Gasteiger partial charge in [0.15, 0.2) is 5.78 Å². The average molecular weight is 260 g/mol. The maximum absolute atomic E-state index is 12.0. The highest BCUT2D eigenvalue weighted by Crippen LogP contribution is 2.45. The topological polar surface area (TPSA) is 35.5 Å². The second kappa shape index (κ2) is 4.25. The molecule has 1 atom stereocenters. The molecule has 0 aliphatic heterocycles. The molecule has 1 unspecified atom stereocenters. The first kappa shape index (κ1) is 11.5. The summed E-state index contributed by atoms with van der Waals surface area (Å²) in [5, 5.41) is 1.91. The van der Waals surface area contributed by atoms with Crippen molar-refractivity contribution >= 4 is 26.0 Å².